The van der Waals surface area contributed by atoms with E-state index in [-0.39, 0.29) is 29.6 Å². The topological polar surface area (TPSA) is 75.7 Å². The van der Waals surface area contributed by atoms with Gasteiger partial charge in [-0.3, -0.25) is 4.79 Å². The van der Waals surface area contributed by atoms with Gasteiger partial charge in [0, 0.05) is 24.7 Å². The van der Waals surface area contributed by atoms with E-state index in [1.54, 1.807) is 12.1 Å². The SMILES string of the molecule is COc1ccc(F)cc1S(=O)(=O)N1CCC[C@@H](C(=O)NCc2ccc(Cl)cc2)C1. The predicted molar refractivity (Wildman–Crippen MR) is 108 cm³/mol. The summed E-state index contributed by atoms with van der Waals surface area (Å²) in [5.41, 5.74) is 0.896. The third-order valence-corrected chi connectivity index (χ3v) is 7.02. The first-order valence-corrected chi connectivity index (χ1v) is 11.0. The molecule has 0 bridgehead atoms. The van der Waals surface area contributed by atoms with Crippen LogP contribution < -0.4 is 10.1 Å². The summed E-state index contributed by atoms with van der Waals surface area (Å²) in [6.45, 7) is 0.633. The zero-order valence-electron chi connectivity index (χ0n) is 15.9. The first-order valence-electron chi connectivity index (χ1n) is 9.17. The Bertz CT molecular complexity index is 982. The van der Waals surface area contributed by atoms with Crippen molar-refractivity contribution < 1.29 is 22.3 Å². The van der Waals surface area contributed by atoms with Crippen LogP contribution >= 0.6 is 11.6 Å². The summed E-state index contributed by atoms with van der Waals surface area (Å²) in [4.78, 5) is 12.3. The first-order chi connectivity index (χ1) is 13.8. The zero-order valence-corrected chi connectivity index (χ0v) is 17.5. The molecule has 0 radical (unpaired) electrons. The Morgan fingerprint density at radius 1 is 1.28 bits per heavy atom. The lowest BCUT2D eigenvalue weighted by Crippen LogP contribution is -2.45. The average molecular weight is 441 g/mol. The number of rotatable bonds is 6. The Balaban J connectivity index is 1.70. The lowest BCUT2D eigenvalue weighted by molar-refractivity contribution is -0.126. The van der Waals surface area contributed by atoms with Crippen molar-refractivity contribution in [3.8, 4) is 5.75 Å². The van der Waals surface area contributed by atoms with Crippen LogP contribution in [0.4, 0.5) is 4.39 Å². The lowest BCUT2D eigenvalue weighted by Gasteiger charge is -2.31. The number of carbonyl (C=O) groups excluding carboxylic acids is 1. The molecule has 1 amide bonds. The third kappa shape index (κ3) is 5.07. The monoisotopic (exact) mass is 440 g/mol. The summed E-state index contributed by atoms with van der Waals surface area (Å²) in [6, 6.07) is 10.5. The third-order valence-electron chi connectivity index (χ3n) is 4.88. The molecule has 29 heavy (non-hydrogen) atoms. The smallest absolute Gasteiger partial charge is 0.246 e. The Labute approximate surface area is 174 Å². The fourth-order valence-electron chi connectivity index (χ4n) is 3.30. The highest BCUT2D eigenvalue weighted by Crippen LogP contribution is 2.30. The van der Waals surface area contributed by atoms with E-state index in [1.165, 1.54) is 17.5 Å². The van der Waals surface area contributed by atoms with Gasteiger partial charge in [0.2, 0.25) is 15.9 Å². The van der Waals surface area contributed by atoms with Gasteiger partial charge in [0.05, 0.1) is 13.0 Å². The summed E-state index contributed by atoms with van der Waals surface area (Å²) < 4.78 is 46.0. The Morgan fingerprint density at radius 3 is 2.69 bits per heavy atom. The van der Waals surface area contributed by atoms with Gasteiger partial charge in [-0.25, -0.2) is 12.8 Å². The quantitative estimate of drug-likeness (QED) is 0.748. The van der Waals surface area contributed by atoms with Crippen molar-refractivity contribution in [1.82, 2.24) is 9.62 Å². The molecule has 6 nitrogen and oxygen atoms in total. The molecule has 1 fully saturated rings. The molecule has 9 heteroatoms. The molecule has 0 aromatic heterocycles. The van der Waals surface area contributed by atoms with Crippen molar-refractivity contribution in [2.75, 3.05) is 20.2 Å². The molecule has 0 unspecified atom stereocenters. The number of sulfonamides is 1. The van der Waals surface area contributed by atoms with E-state index in [2.05, 4.69) is 5.32 Å². The van der Waals surface area contributed by atoms with Gasteiger partial charge >= 0.3 is 0 Å². The molecule has 1 saturated heterocycles. The predicted octanol–water partition coefficient (Wildman–Crippen LogP) is 3.20. The van der Waals surface area contributed by atoms with Gasteiger partial charge in [-0.1, -0.05) is 23.7 Å². The highest BCUT2D eigenvalue weighted by atomic mass is 35.5. The van der Waals surface area contributed by atoms with Crippen LogP contribution in [-0.4, -0.2) is 38.8 Å². The molecule has 1 heterocycles. The fraction of sp³-hybridized carbons (Fsp3) is 0.350. The van der Waals surface area contributed by atoms with E-state index in [0.717, 1.165) is 17.7 Å². The number of hydrogen-bond donors (Lipinski definition) is 1. The zero-order chi connectivity index (χ0) is 21.0. The second-order valence-corrected chi connectivity index (χ2v) is 9.18. The molecule has 1 aliphatic rings. The number of carbonyl (C=O) groups is 1. The maximum absolute atomic E-state index is 13.7. The maximum atomic E-state index is 13.7. The van der Waals surface area contributed by atoms with Crippen molar-refractivity contribution in [2.24, 2.45) is 5.92 Å². The summed E-state index contributed by atoms with van der Waals surface area (Å²) >= 11 is 5.85. The van der Waals surface area contributed by atoms with Crippen LogP contribution in [0.3, 0.4) is 0 Å². The van der Waals surface area contributed by atoms with Crippen molar-refractivity contribution in [3.63, 3.8) is 0 Å². The minimum absolute atomic E-state index is 0.0362. The van der Waals surface area contributed by atoms with Crippen molar-refractivity contribution >= 4 is 27.5 Å². The van der Waals surface area contributed by atoms with Crippen LogP contribution in [-0.2, 0) is 21.4 Å². The molecule has 1 atom stereocenters. The number of methoxy groups -OCH3 is 1. The number of hydrogen-bond acceptors (Lipinski definition) is 4. The molecule has 0 aliphatic carbocycles. The molecule has 2 aromatic rings. The molecule has 0 spiro atoms. The van der Waals surface area contributed by atoms with Crippen molar-refractivity contribution in [3.05, 3.63) is 58.9 Å². The minimum Gasteiger partial charge on any atom is -0.495 e. The highest BCUT2D eigenvalue weighted by Gasteiger charge is 2.35. The summed E-state index contributed by atoms with van der Waals surface area (Å²) in [5.74, 6) is -1.30. The number of amides is 1. The van der Waals surface area contributed by atoms with Crippen LogP contribution in [0.1, 0.15) is 18.4 Å². The molecule has 156 valence electrons. The normalized spacial score (nSPS) is 17.7. The van der Waals surface area contributed by atoms with Crippen LogP contribution in [0, 0.1) is 11.7 Å². The number of piperidine rings is 1. The van der Waals surface area contributed by atoms with E-state index < -0.39 is 21.8 Å². The van der Waals surface area contributed by atoms with Gasteiger partial charge in [0.15, 0.2) is 0 Å². The lowest BCUT2D eigenvalue weighted by atomic mass is 9.99. The molecule has 0 saturated carbocycles. The number of halogens is 2. The van der Waals surface area contributed by atoms with Gasteiger partial charge in [-0.2, -0.15) is 4.31 Å². The second-order valence-electron chi connectivity index (χ2n) is 6.84. The molecule has 3 rings (SSSR count). The maximum Gasteiger partial charge on any atom is 0.246 e. The number of nitrogens with one attached hydrogen (secondary N) is 1. The van der Waals surface area contributed by atoms with E-state index in [4.69, 9.17) is 16.3 Å². The minimum atomic E-state index is -3.99. The first kappa shape index (κ1) is 21.5. The van der Waals surface area contributed by atoms with Crippen LogP contribution in [0.5, 0.6) is 5.75 Å². The van der Waals surface area contributed by atoms with E-state index in [1.807, 2.05) is 12.1 Å². The second kappa shape index (κ2) is 9.11. The molecule has 1 aliphatic heterocycles. The van der Waals surface area contributed by atoms with Gasteiger partial charge in [-0.15, -0.1) is 0 Å². The Morgan fingerprint density at radius 2 is 2.00 bits per heavy atom. The fourth-order valence-corrected chi connectivity index (χ4v) is 5.12. The van der Waals surface area contributed by atoms with E-state index in [0.29, 0.717) is 24.4 Å². The average Bonchev–Trinajstić information content (AvgIpc) is 2.73. The summed E-state index contributed by atoms with van der Waals surface area (Å²) in [7, 11) is -2.66. The number of benzene rings is 2. The van der Waals surface area contributed by atoms with Crippen LogP contribution in [0.15, 0.2) is 47.4 Å². The Kier molecular flexibility index (Phi) is 6.77. The van der Waals surface area contributed by atoms with Crippen molar-refractivity contribution in [2.45, 2.75) is 24.3 Å². The highest BCUT2D eigenvalue weighted by molar-refractivity contribution is 7.89. The molecular formula is C20H22ClFN2O4S. The number of nitrogens with zero attached hydrogens (tertiary/aromatic N) is 1. The Hall–Kier alpha value is -2.16. The largest absolute Gasteiger partial charge is 0.495 e. The molecular weight excluding hydrogens is 419 g/mol. The summed E-state index contributed by atoms with van der Waals surface area (Å²) in [6.07, 6.45) is 1.12. The van der Waals surface area contributed by atoms with Crippen LogP contribution in [0.2, 0.25) is 5.02 Å². The van der Waals surface area contributed by atoms with E-state index >= 15 is 0 Å². The number of ether oxygens (including phenoxy) is 1. The molecule has 1 N–H and O–H groups in total. The molecule has 2 aromatic carbocycles. The summed E-state index contributed by atoms with van der Waals surface area (Å²) in [5, 5.41) is 3.46. The van der Waals surface area contributed by atoms with Gasteiger partial charge in [0.25, 0.3) is 0 Å². The van der Waals surface area contributed by atoms with Gasteiger partial charge in [-0.05, 0) is 48.7 Å². The standard InChI is InChI=1S/C20H22ClFN2O4S/c1-28-18-9-8-17(22)11-19(18)29(26,27)24-10-2-3-15(13-24)20(25)23-12-14-4-6-16(21)7-5-14/h4-9,11,15H,2-3,10,12-13H2,1H3,(H,23,25)/t15-/m1/s1. The van der Waals surface area contributed by atoms with Crippen molar-refractivity contribution in [1.29, 1.82) is 0 Å². The van der Waals surface area contributed by atoms with Gasteiger partial charge in [0.1, 0.15) is 16.5 Å². The van der Waals surface area contributed by atoms with E-state index in [9.17, 15) is 17.6 Å². The van der Waals surface area contributed by atoms with Crippen LogP contribution in [0.25, 0.3) is 0 Å². The van der Waals surface area contributed by atoms with Gasteiger partial charge < -0.3 is 10.1 Å².